The van der Waals surface area contributed by atoms with Crippen molar-refractivity contribution in [2.75, 3.05) is 13.2 Å². The smallest absolute Gasteiger partial charge is 0.434 e. The van der Waals surface area contributed by atoms with Crippen LogP contribution in [0.3, 0.4) is 0 Å². The molecule has 0 saturated heterocycles. The number of ether oxygens (including phenoxy) is 2. The van der Waals surface area contributed by atoms with Gasteiger partial charge in [-0.25, -0.2) is 4.79 Å². The van der Waals surface area contributed by atoms with E-state index in [2.05, 4.69) is 13.8 Å². The summed E-state index contributed by atoms with van der Waals surface area (Å²) in [5.74, 6) is 0. The van der Waals surface area contributed by atoms with Gasteiger partial charge in [0.05, 0.1) is 13.2 Å². The van der Waals surface area contributed by atoms with Crippen molar-refractivity contribution in [1.82, 2.24) is 0 Å². The van der Waals surface area contributed by atoms with Crippen molar-refractivity contribution in [3.05, 3.63) is 0 Å². The summed E-state index contributed by atoms with van der Waals surface area (Å²) in [4.78, 5) is 11.2. The van der Waals surface area contributed by atoms with Gasteiger partial charge in [0, 0.05) is 0 Å². The van der Waals surface area contributed by atoms with Gasteiger partial charge in [0.25, 0.3) is 0 Å². The molecule has 0 unspecified atom stereocenters. The maximum absolute atomic E-state index is 11.2. The molecular formula is C20H40O3. The molecule has 0 aliphatic carbocycles. The van der Waals surface area contributed by atoms with Crippen LogP contribution in [0.15, 0.2) is 0 Å². The van der Waals surface area contributed by atoms with Crippen molar-refractivity contribution in [1.29, 1.82) is 0 Å². The van der Waals surface area contributed by atoms with Gasteiger partial charge in [-0.1, -0.05) is 97.3 Å². The Labute approximate surface area is 144 Å². The second kappa shape index (κ2) is 19.3. The molecule has 0 aliphatic rings. The minimum atomic E-state index is -0.502. The molecule has 0 atom stereocenters. The van der Waals surface area contributed by atoms with Crippen molar-refractivity contribution in [3.8, 4) is 0 Å². The van der Waals surface area contributed by atoms with Gasteiger partial charge in [0.15, 0.2) is 0 Å². The molecule has 0 aliphatic heterocycles. The van der Waals surface area contributed by atoms with Crippen molar-refractivity contribution < 1.29 is 14.3 Å². The molecule has 23 heavy (non-hydrogen) atoms. The van der Waals surface area contributed by atoms with Crippen LogP contribution in [0.25, 0.3) is 0 Å². The maximum atomic E-state index is 11.2. The van der Waals surface area contributed by atoms with Crippen LogP contribution in [0.4, 0.5) is 4.79 Å². The van der Waals surface area contributed by atoms with Gasteiger partial charge in [0.1, 0.15) is 0 Å². The summed E-state index contributed by atoms with van der Waals surface area (Å²) in [7, 11) is 0. The topological polar surface area (TPSA) is 35.5 Å². The van der Waals surface area contributed by atoms with Gasteiger partial charge in [-0.3, -0.25) is 0 Å². The van der Waals surface area contributed by atoms with E-state index < -0.39 is 6.16 Å². The molecule has 0 radical (unpaired) electrons. The standard InChI is InChI=1S/C20H40O3/c1-3-5-7-8-9-10-11-12-13-14-15-16-17-19-23-20(21)22-18-6-4-2/h3-19H2,1-2H3. The Kier molecular flexibility index (Phi) is 18.7. The van der Waals surface area contributed by atoms with E-state index in [4.69, 9.17) is 9.47 Å². The van der Waals surface area contributed by atoms with Crippen LogP contribution in [-0.4, -0.2) is 19.4 Å². The fraction of sp³-hybridized carbons (Fsp3) is 0.950. The number of hydrogen-bond donors (Lipinski definition) is 0. The minimum absolute atomic E-state index is 0.480. The summed E-state index contributed by atoms with van der Waals surface area (Å²) in [5.41, 5.74) is 0. The monoisotopic (exact) mass is 328 g/mol. The first-order chi connectivity index (χ1) is 11.3. The minimum Gasteiger partial charge on any atom is -0.434 e. The molecule has 3 nitrogen and oxygen atoms in total. The number of carbonyl (C=O) groups excluding carboxylic acids is 1. The molecule has 0 aromatic carbocycles. The first kappa shape index (κ1) is 22.3. The lowest BCUT2D eigenvalue weighted by atomic mass is 10.0. The van der Waals surface area contributed by atoms with Crippen LogP contribution in [0, 0.1) is 0 Å². The van der Waals surface area contributed by atoms with Gasteiger partial charge in [-0.05, 0) is 12.8 Å². The fourth-order valence-corrected chi connectivity index (χ4v) is 2.62. The zero-order valence-corrected chi connectivity index (χ0v) is 15.7. The Morgan fingerprint density at radius 1 is 0.522 bits per heavy atom. The molecular weight excluding hydrogens is 288 g/mol. The molecule has 0 aromatic heterocycles. The van der Waals surface area contributed by atoms with E-state index in [-0.39, 0.29) is 0 Å². The normalized spacial score (nSPS) is 10.7. The van der Waals surface area contributed by atoms with Crippen LogP contribution in [-0.2, 0) is 9.47 Å². The highest BCUT2D eigenvalue weighted by molar-refractivity contribution is 5.59. The third-order valence-corrected chi connectivity index (χ3v) is 4.19. The van der Waals surface area contributed by atoms with Gasteiger partial charge in [0.2, 0.25) is 0 Å². The summed E-state index contributed by atoms with van der Waals surface area (Å²) in [6, 6.07) is 0. The lowest BCUT2D eigenvalue weighted by Gasteiger charge is -2.06. The van der Waals surface area contributed by atoms with Crippen molar-refractivity contribution in [2.45, 2.75) is 110 Å². The highest BCUT2D eigenvalue weighted by atomic mass is 16.7. The lowest BCUT2D eigenvalue weighted by molar-refractivity contribution is 0.0532. The second-order valence-electron chi connectivity index (χ2n) is 6.54. The van der Waals surface area contributed by atoms with Crippen LogP contribution in [0.1, 0.15) is 110 Å². The predicted molar refractivity (Wildman–Crippen MR) is 97.9 cm³/mol. The second-order valence-corrected chi connectivity index (χ2v) is 6.54. The first-order valence-electron chi connectivity index (χ1n) is 10.1. The molecule has 0 rings (SSSR count). The molecule has 0 aromatic rings. The molecule has 0 saturated carbocycles. The van der Waals surface area contributed by atoms with E-state index in [1.165, 1.54) is 70.6 Å². The largest absolute Gasteiger partial charge is 0.508 e. The highest BCUT2D eigenvalue weighted by Crippen LogP contribution is 2.12. The Hall–Kier alpha value is -0.730. The van der Waals surface area contributed by atoms with Crippen LogP contribution in [0.2, 0.25) is 0 Å². The molecule has 0 amide bonds. The summed E-state index contributed by atoms with van der Waals surface area (Å²) in [5, 5.41) is 0. The van der Waals surface area contributed by atoms with Crippen molar-refractivity contribution in [2.24, 2.45) is 0 Å². The SMILES string of the molecule is CCCCCCCCCCCCCCCOC(=O)OCCCC. The van der Waals surface area contributed by atoms with E-state index in [1.807, 2.05) is 0 Å². The van der Waals surface area contributed by atoms with E-state index in [0.717, 1.165) is 25.7 Å². The van der Waals surface area contributed by atoms with Gasteiger partial charge in [-0.15, -0.1) is 0 Å². The third-order valence-electron chi connectivity index (χ3n) is 4.19. The van der Waals surface area contributed by atoms with Crippen LogP contribution in [0.5, 0.6) is 0 Å². The first-order valence-corrected chi connectivity index (χ1v) is 10.1. The maximum Gasteiger partial charge on any atom is 0.508 e. The van der Waals surface area contributed by atoms with Crippen molar-refractivity contribution >= 4 is 6.16 Å². The average molecular weight is 329 g/mol. The Morgan fingerprint density at radius 3 is 1.30 bits per heavy atom. The summed E-state index contributed by atoms with van der Waals surface area (Å²) >= 11 is 0. The van der Waals surface area contributed by atoms with E-state index in [1.54, 1.807) is 0 Å². The van der Waals surface area contributed by atoms with Crippen LogP contribution >= 0.6 is 0 Å². The molecule has 3 heteroatoms. The molecule has 0 bridgehead atoms. The number of carbonyl (C=O) groups is 1. The molecule has 0 heterocycles. The quantitative estimate of drug-likeness (QED) is 0.212. The van der Waals surface area contributed by atoms with Gasteiger partial charge < -0.3 is 9.47 Å². The lowest BCUT2D eigenvalue weighted by Crippen LogP contribution is -2.09. The number of unbranched alkanes of at least 4 members (excludes halogenated alkanes) is 13. The Balaban J connectivity index is 3.06. The molecule has 0 fully saturated rings. The number of hydrogen-bond acceptors (Lipinski definition) is 3. The Morgan fingerprint density at radius 2 is 0.870 bits per heavy atom. The predicted octanol–water partition coefficient (Wildman–Crippen LogP) is 7.03. The summed E-state index contributed by atoms with van der Waals surface area (Å²) in [6.45, 7) is 5.32. The van der Waals surface area contributed by atoms with Gasteiger partial charge >= 0.3 is 6.16 Å². The summed E-state index contributed by atoms with van der Waals surface area (Å²) < 4.78 is 9.96. The fourth-order valence-electron chi connectivity index (χ4n) is 2.62. The Bertz CT molecular complexity index is 241. The van der Waals surface area contributed by atoms with E-state index in [9.17, 15) is 4.79 Å². The zero-order valence-electron chi connectivity index (χ0n) is 15.7. The summed E-state index contributed by atoms with van der Waals surface area (Å²) in [6.07, 6.45) is 18.7. The van der Waals surface area contributed by atoms with E-state index in [0.29, 0.717) is 13.2 Å². The average Bonchev–Trinajstić information content (AvgIpc) is 2.55. The highest BCUT2D eigenvalue weighted by Gasteiger charge is 2.02. The zero-order chi connectivity index (χ0) is 17.0. The van der Waals surface area contributed by atoms with Crippen LogP contribution < -0.4 is 0 Å². The molecule has 0 N–H and O–H groups in total. The van der Waals surface area contributed by atoms with E-state index >= 15 is 0 Å². The third kappa shape index (κ3) is 19.2. The van der Waals surface area contributed by atoms with Crippen molar-refractivity contribution in [3.63, 3.8) is 0 Å². The number of rotatable bonds is 17. The van der Waals surface area contributed by atoms with Gasteiger partial charge in [-0.2, -0.15) is 0 Å². The molecule has 0 spiro atoms. The molecule has 138 valence electrons.